The van der Waals surface area contributed by atoms with Crippen molar-refractivity contribution in [3.63, 3.8) is 0 Å². The number of rotatable bonds is 6. The summed E-state index contributed by atoms with van der Waals surface area (Å²) >= 11 is 0. The van der Waals surface area contributed by atoms with E-state index in [0.717, 1.165) is 44.5 Å². The maximum absolute atomic E-state index is 12.3. The fraction of sp³-hybridized carbons (Fsp3) is 0.611. The number of phenols is 1. The van der Waals surface area contributed by atoms with Crippen LogP contribution in [0, 0.1) is 5.92 Å². The number of hydrogen-bond acceptors (Lipinski definition) is 3. The quantitative estimate of drug-likeness (QED) is 0.849. The molecule has 0 radical (unpaired) electrons. The molecule has 1 atom stereocenters. The van der Waals surface area contributed by atoms with Crippen LogP contribution in [0.3, 0.4) is 0 Å². The van der Waals surface area contributed by atoms with Crippen LogP contribution in [-0.2, 0) is 4.79 Å². The van der Waals surface area contributed by atoms with Crippen molar-refractivity contribution in [2.24, 2.45) is 5.92 Å². The lowest BCUT2D eigenvalue weighted by Crippen LogP contribution is -2.36. The first-order chi connectivity index (χ1) is 10.6. The summed E-state index contributed by atoms with van der Waals surface area (Å²) in [6.07, 6.45) is 3.73. The Balaban J connectivity index is 1.83. The molecule has 1 fully saturated rings. The number of phenolic OH excluding ortho intramolecular Hbond substituents is 1. The van der Waals surface area contributed by atoms with Crippen molar-refractivity contribution in [2.75, 3.05) is 19.6 Å². The van der Waals surface area contributed by atoms with Gasteiger partial charge in [-0.1, -0.05) is 26.0 Å². The summed E-state index contributed by atoms with van der Waals surface area (Å²) in [7, 11) is 0. The van der Waals surface area contributed by atoms with E-state index >= 15 is 0 Å². The summed E-state index contributed by atoms with van der Waals surface area (Å²) in [5.41, 5.74) is 1.05. The van der Waals surface area contributed by atoms with Crippen LogP contribution in [0.1, 0.15) is 51.1 Å². The molecule has 1 aromatic carbocycles. The molecule has 4 nitrogen and oxygen atoms in total. The largest absolute Gasteiger partial charge is 0.508 e. The highest BCUT2D eigenvalue weighted by atomic mass is 16.3. The summed E-state index contributed by atoms with van der Waals surface area (Å²) in [5.74, 6) is 0.919. The summed E-state index contributed by atoms with van der Waals surface area (Å²) in [6.45, 7) is 7.60. The fourth-order valence-electron chi connectivity index (χ4n) is 3.15. The summed E-state index contributed by atoms with van der Waals surface area (Å²) in [6, 6.07) is 7.13. The van der Waals surface area contributed by atoms with Gasteiger partial charge in [-0.3, -0.25) is 4.79 Å². The third-order valence-corrected chi connectivity index (χ3v) is 4.67. The van der Waals surface area contributed by atoms with Gasteiger partial charge < -0.3 is 15.3 Å². The Bertz CT molecular complexity index is 464. The Morgan fingerprint density at radius 2 is 1.91 bits per heavy atom. The second kappa shape index (κ2) is 8.18. The topological polar surface area (TPSA) is 52.6 Å². The van der Waals surface area contributed by atoms with Crippen molar-refractivity contribution in [3.05, 3.63) is 29.8 Å². The smallest absolute Gasteiger partial charge is 0.220 e. The first kappa shape index (κ1) is 16.8. The van der Waals surface area contributed by atoms with Crippen LogP contribution in [0.15, 0.2) is 24.3 Å². The normalized spacial score (nSPS) is 18.1. The number of nitrogens with one attached hydrogen (secondary N) is 1. The Kier molecular flexibility index (Phi) is 6.25. The fourth-order valence-corrected chi connectivity index (χ4v) is 3.15. The third-order valence-electron chi connectivity index (χ3n) is 4.67. The van der Waals surface area contributed by atoms with Crippen LogP contribution in [0.5, 0.6) is 5.75 Å². The number of aromatic hydroxyl groups is 1. The molecule has 0 saturated carbocycles. The van der Waals surface area contributed by atoms with Gasteiger partial charge in [0.2, 0.25) is 5.91 Å². The lowest BCUT2D eigenvalue weighted by atomic mass is 9.93. The molecule has 0 aliphatic carbocycles. The van der Waals surface area contributed by atoms with Crippen molar-refractivity contribution < 1.29 is 9.90 Å². The number of amides is 1. The van der Waals surface area contributed by atoms with Crippen molar-refractivity contribution in [2.45, 2.75) is 45.6 Å². The van der Waals surface area contributed by atoms with Gasteiger partial charge in [0.25, 0.3) is 0 Å². The molecule has 2 rings (SSSR count). The molecule has 1 aromatic rings. The van der Waals surface area contributed by atoms with E-state index in [-0.39, 0.29) is 17.7 Å². The van der Waals surface area contributed by atoms with Crippen LogP contribution in [0.25, 0.3) is 0 Å². The number of piperidine rings is 1. The summed E-state index contributed by atoms with van der Waals surface area (Å²) < 4.78 is 0. The Morgan fingerprint density at radius 3 is 2.45 bits per heavy atom. The second-order valence-electron chi connectivity index (χ2n) is 6.20. The molecule has 1 heterocycles. The highest BCUT2D eigenvalue weighted by Crippen LogP contribution is 2.23. The standard InChI is InChI=1S/C18H28N2O2/c1-3-17(15-5-7-16(21)8-6-15)19-18(22)13-14-9-11-20(4-2)12-10-14/h5-8,14,17,21H,3-4,9-13H2,1-2H3,(H,19,22). The van der Waals surface area contributed by atoms with Gasteiger partial charge in [0.05, 0.1) is 6.04 Å². The van der Waals surface area contributed by atoms with Gasteiger partial charge in [0, 0.05) is 6.42 Å². The van der Waals surface area contributed by atoms with E-state index in [4.69, 9.17) is 0 Å². The Labute approximate surface area is 133 Å². The van der Waals surface area contributed by atoms with E-state index < -0.39 is 0 Å². The van der Waals surface area contributed by atoms with Crippen molar-refractivity contribution >= 4 is 5.91 Å². The van der Waals surface area contributed by atoms with E-state index in [1.54, 1.807) is 12.1 Å². The molecule has 4 heteroatoms. The monoisotopic (exact) mass is 304 g/mol. The third kappa shape index (κ3) is 4.73. The molecular formula is C18H28N2O2. The first-order valence-electron chi connectivity index (χ1n) is 8.43. The predicted molar refractivity (Wildman–Crippen MR) is 88.7 cm³/mol. The van der Waals surface area contributed by atoms with Gasteiger partial charge in [0.1, 0.15) is 5.75 Å². The van der Waals surface area contributed by atoms with Crippen molar-refractivity contribution in [3.8, 4) is 5.75 Å². The molecule has 1 aliphatic heterocycles. The van der Waals surface area contributed by atoms with E-state index in [9.17, 15) is 9.90 Å². The average Bonchev–Trinajstić information content (AvgIpc) is 2.54. The predicted octanol–water partition coefficient (Wildman–Crippen LogP) is 3.08. The number of benzene rings is 1. The summed E-state index contributed by atoms with van der Waals surface area (Å²) in [5, 5.41) is 12.5. The minimum absolute atomic E-state index is 0.0313. The molecule has 1 aliphatic rings. The number of hydrogen-bond donors (Lipinski definition) is 2. The minimum Gasteiger partial charge on any atom is -0.508 e. The van der Waals surface area contributed by atoms with E-state index in [0.29, 0.717) is 12.3 Å². The van der Waals surface area contributed by atoms with Crippen LogP contribution < -0.4 is 5.32 Å². The zero-order valence-electron chi connectivity index (χ0n) is 13.7. The van der Waals surface area contributed by atoms with Crippen LogP contribution in [0.4, 0.5) is 0 Å². The zero-order chi connectivity index (χ0) is 15.9. The van der Waals surface area contributed by atoms with E-state index in [2.05, 4.69) is 24.1 Å². The lowest BCUT2D eigenvalue weighted by molar-refractivity contribution is -0.123. The molecular weight excluding hydrogens is 276 g/mol. The van der Waals surface area contributed by atoms with Crippen LogP contribution >= 0.6 is 0 Å². The molecule has 0 spiro atoms. The van der Waals surface area contributed by atoms with Crippen molar-refractivity contribution in [1.82, 2.24) is 10.2 Å². The number of carbonyl (C=O) groups excluding carboxylic acids is 1. The minimum atomic E-state index is 0.0313. The second-order valence-corrected chi connectivity index (χ2v) is 6.20. The van der Waals surface area contributed by atoms with E-state index in [1.165, 1.54) is 0 Å². The maximum atomic E-state index is 12.3. The highest BCUT2D eigenvalue weighted by Gasteiger charge is 2.21. The van der Waals surface area contributed by atoms with Gasteiger partial charge in [-0.25, -0.2) is 0 Å². The summed E-state index contributed by atoms with van der Waals surface area (Å²) in [4.78, 5) is 14.7. The SMILES string of the molecule is CCC(NC(=O)CC1CCN(CC)CC1)c1ccc(O)cc1. The maximum Gasteiger partial charge on any atom is 0.220 e. The Morgan fingerprint density at radius 1 is 1.27 bits per heavy atom. The first-order valence-corrected chi connectivity index (χ1v) is 8.43. The van der Waals surface area contributed by atoms with Gasteiger partial charge in [-0.2, -0.15) is 0 Å². The molecule has 0 aromatic heterocycles. The van der Waals surface area contributed by atoms with E-state index in [1.807, 2.05) is 12.1 Å². The molecule has 1 amide bonds. The zero-order valence-corrected chi connectivity index (χ0v) is 13.7. The molecule has 122 valence electrons. The van der Waals surface area contributed by atoms with Crippen molar-refractivity contribution in [1.29, 1.82) is 0 Å². The van der Waals surface area contributed by atoms with Crippen LogP contribution in [0.2, 0.25) is 0 Å². The highest BCUT2D eigenvalue weighted by molar-refractivity contribution is 5.76. The molecule has 2 N–H and O–H groups in total. The Hall–Kier alpha value is -1.55. The average molecular weight is 304 g/mol. The number of nitrogens with zero attached hydrogens (tertiary/aromatic N) is 1. The molecule has 22 heavy (non-hydrogen) atoms. The number of carbonyl (C=O) groups is 1. The molecule has 1 unspecified atom stereocenters. The van der Waals surface area contributed by atoms with Crippen LogP contribution in [-0.4, -0.2) is 35.5 Å². The van der Waals surface area contributed by atoms with Gasteiger partial charge in [-0.05, 0) is 62.5 Å². The van der Waals surface area contributed by atoms with Gasteiger partial charge in [0.15, 0.2) is 0 Å². The lowest BCUT2D eigenvalue weighted by Gasteiger charge is -2.31. The molecule has 0 bridgehead atoms. The van der Waals surface area contributed by atoms with Gasteiger partial charge in [-0.15, -0.1) is 0 Å². The number of likely N-dealkylation sites (tertiary alicyclic amines) is 1. The van der Waals surface area contributed by atoms with Gasteiger partial charge >= 0.3 is 0 Å². The molecule has 1 saturated heterocycles.